The number of benzene rings is 1. The number of sulfone groups is 1. The maximum atomic E-state index is 11.1. The standard InChI is InChI=1S/C16H27N3O3S/c1-14(15-8-5-4-6-9-15)22-12-7-10-18-16(17-2)19-11-13-23(3,20)21/h4-6,8-9,14H,7,10-13H2,1-3H3,(H2,17,18,19). The Balaban J connectivity index is 2.15. The van der Waals surface area contributed by atoms with Crippen molar-refractivity contribution in [3.63, 3.8) is 0 Å². The van der Waals surface area contributed by atoms with Gasteiger partial charge in [-0.3, -0.25) is 4.99 Å². The van der Waals surface area contributed by atoms with Crippen molar-refractivity contribution >= 4 is 15.8 Å². The van der Waals surface area contributed by atoms with Crippen LogP contribution < -0.4 is 10.6 Å². The lowest BCUT2D eigenvalue weighted by Crippen LogP contribution is -2.40. The number of hydrogen-bond acceptors (Lipinski definition) is 4. The maximum absolute atomic E-state index is 11.1. The molecule has 7 heteroatoms. The summed E-state index contributed by atoms with van der Waals surface area (Å²) < 4.78 is 27.9. The molecule has 1 atom stereocenters. The van der Waals surface area contributed by atoms with E-state index in [9.17, 15) is 8.42 Å². The van der Waals surface area contributed by atoms with Crippen LogP contribution in [0.25, 0.3) is 0 Å². The van der Waals surface area contributed by atoms with Crippen molar-refractivity contribution in [3.8, 4) is 0 Å². The smallest absolute Gasteiger partial charge is 0.191 e. The summed E-state index contributed by atoms with van der Waals surface area (Å²) in [7, 11) is -1.30. The van der Waals surface area contributed by atoms with Crippen molar-refractivity contribution in [1.82, 2.24) is 10.6 Å². The van der Waals surface area contributed by atoms with Crippen LogP contribution in [0.5, 0.6) is 0 Å². The zero-order valence-electron chi connectivity index (χ0n) is 14.1. The highest BCUT2D eigenvalue weighted by Gasteiger charge is 2.05. The molecule has 0 fully saturated rings. The largest absolute Gasteiger partial charge is 0.374 e. The van der Waals surface area contributed by atoms with Crippen LogP contribution >= 0.6 is 0 Å². The second-order valence-electron chi connectivity index (χ2n) is 5.33. The number of nitrogens with zero attached hydrogens (tertiary/aromatic N) is 1. The Bertz CT molecular complexity index is 573. The van der Waals surface area contributed by atoms with Gasteiger partial charge in [-0.05, 0) is 18.9 Å². The summed E-state index contributed by atoms with van der Waals surface area (Å²) in [5.41, 5.74) is 1.17. The average molecular weight is 341 g/mol. The SMILES string of the molecule is CN=C(NCCCOC(C)c1ccccc1)NCCS(C)(=O)=O. The predicted octanol–water partition coefficient (Wildman–Crippen LogP) is 1.36. The molecule has 23 heavy (non-hydrogen) atoms. The monoisotopic (exact) mass is 341 g/mol. The number of hydrogen-bond donors (Lipinski definition) is 2. The Morgan fingerprint density at radius 2 is 1.87 bits per heavy atom. The molecule has 0 radical (unpaired) electrons. The first kappa shape index (κ1) is 19.4. The minimum Gasteiger partial charge on any atom is -0.374 e. The summed E-state index contributed by atoms with van der Waals surface area (Å²) >= 11 is 0. The first-order valence-electron chi connectivity index (χ1n) is 7.71. The Morgan fingerprint density at radius 1 is 1.22 bits per heavy atom. The third-order valence-corrected chi connectivity index (χ3v) is 4.19. The van der Waals surface area contributed by atoms with Crippen LogP contribution in [-0.4, -0.2) is 53.1 Å². The van der Waals surface area contributed by atoms with Gasteiger partial charge < -0.3 is 15.4 Å². The van der Waals surface area contributed by atoms with Crippen molar-refractivity contribution in [2.45, 2.75) is 19.4 Å². The first-order valence-corrected chi connectivity index (χ1v) is 9.77. The Kier molecular flexibility index (Phi) is 8.65. The first-order chi connectivity index (χ1) is 10.9. The molecule has 0 saturated carbocycles. The maximum Gasteiger partial charge on any atom is 0.191 e. The molecule has 0 spiro atoms. The van der Waals surface area contributed by atoms with Crippen LogP contribution in [0.3, 0.4) is 0 Å². The summed E-state index contributed by atoms with van der Waals surface area (Å²) in [4.78, 5) is 4.05. The van der Waals surface area contributed by atoms with E-state index in [4.69, 9.17) is 4.74 Å². The minimum absolute atomic E-state index is 0.0726. The van der Waals surface area contributed by atoms with Crippen LogP contribution in [0, 0.1) is 0 Å². The summed E-state index contributed by atoms with van der Waals surface area (Å²) in [5, 5.41) is 6.10. The molecule has 1 rings (SSSR count). The van der Waals surface area contributed by atoms with Crippen LogP contribution in [0.4, 0.5) is 0 Å². The molecule has 0 bridgehead atoms. The molecule has 0 aromatic heterocycles. The molecule has 0 saturated heterocycles. The zero-order chi connectivity index (χ0) is 17.1. The van der Waals surface area contributed by atoms with Gasteiger partial charge in [-0.15, -0.1) is 0 Å². The Labute approximate surface area is 139 Å². The lowest BCUT2D eigenvalue weighted by molar-refractivity contribution is 0.0646. The van der Waals surface area contributed by atoms with Crippen LogP contribution in [-0.2, 0) is 14.6 Å². The summed E-state index contributed by atoms with van der Waals surface area (Å²) in [6, 6.07) is 10.1. The number of rotatable bonds is 9. The molecule has 1 aromatic carbocycles. The highest BCUT2D eigenvalue weighted by molar-refractivity contribution is 7.90. The number of nitrogens with one attached hydrogen (secondary N) is 2. The van der Waals surface area contributed by atoms with Crippen LogP contribution in [0.15, 0.2) is 35.3 Å². The molecule has 0 amide bonds. The topological polar surface area (TPSA) is 79.8 Å². The van der Waals surface area contributed by atoms with Crippen molar-refractivity contribution < 1.29 is 13.2 Å². The van der Waals surface area contributed by atoms with E-state index >= 15 is 0 Å². The van der Waals surface area contributed by atoms with E-state index in [1.165, 1.54) is 11.8 Å². The summed E-state index contributed by atoms with van der Waals surface area (Å²) in [6.45, 7) is 3.73. The quantitative estimate of drug-likeness (QED) is 0.403. The van der Waals surface area contributed by atoms with Gasteiger partial charge in [-0.25, -0.2) is 8.42 Å². The fraction of sp³-hybridized carbons (Fsp3) is 0.562. The Hall–Kier alpha value is -1.60. The van der Waals surface area contributed by atoms with Gasteiger partial charge in [0.25, 0.3) is 0 Å². The van der Waals surface area contributed by atoms with Gasteiger partial charge >= 0.3 is 0 Å². The summed E-state index contributed by atoms with van der Waals surface area (Å²) in [6.07, 6.45) is 2.13. The molecule has 1 aromatic rings. The van der Waals surface area contributed by atoms with E-state index in [2.05, 4.69) is 27.8 Å². The molecule has 0 aliphatic rings. The molecule has 0 heterocycles. The second kappa shape index (κ2) is 10.2. The molecule has 130 valence electrons. The minimum atomic E-state index is -2.96. The van der Waals surface area contributed by atoms with Crippen molar-refractivity contribution in [2.75, 3.05) is 38.8 Å². The molecule has 1 unspecified atom stereocenters. The van der Waals surface area contributed by atoms with Gasteiger partial charge in [-0.2, -0.15) is 0 Å². The van der Waals surface area contributed by atoms with Gasteiger partial charge in [0.2, 0.25) is 0 Å². The van der Waals surface area contributed by atoms with Gasteiger partial charge in [0.1, 0.15) is 9.84 Å². The second-order valence-corrected chi connectivity index (χ2v) is 7.59. The van der Waals surface area contributed by atoms with Gasteiger partial charge in [-0.1, -0.05) is 30.3 Å². The zero-order valence-corrected chi connectivity index (χ0v) is 14.9. The van der Waals surface area contributed by atoms with Crippen molar-refractivity contribution in [2.24, 2.45) is 4.99 Å². The molecule has 0 aliphatic carbocycles. The van der Waals surface area contributed by atoms with E-state index in [1.807, 2.05) is 25.1 Å². The van der Waals surface area contributed by atoms with Gasteiger partial charge in [0, 0.05) is 33.0 Å². The summed E-state index contributed by atoms with van der Waals surface area (Å²) in [5.74, 6) is 0.690. The van der Waals surface area contributed by atoms with Crippen molar-refractivity contribution in [1.29, 1.82) is 0 Å². The normalized spacial score (nSPS) is 13.6. The predicted molar refractivity (Wildman–Crippen MR) is 94.5 cm³/mol. The number of aliphatic imine (C=N–C) groups is 1. The van der Waals surface area contributed by atoms with E-state index in [0.717, 1.165) is 6.42 Å². The third-order valence-electron chi connectivity index (χ3n) is 3.24. The average Bonchev–Trinajstić information content (AvgIpc) is 2.52. The molecule has 6 nitrogen and oxygen atoms in total. The highest BCUT2D eigenvalue weighted by Crippen LogP contribution is 2.15. The van der Waals surface area contributed by atoms with E-state index in [1.54, 1.807) is 7.05 Å². The fourth-order valence-corrected chi connectivity index (χ4v) is 2.41. The lowest BCUT2D eigenvalue weighted by atomic mass is 10.1. The van der Waals surface area contributed by atoms with Crippen LogP contribution in [0.1, 0.15) is 25.0 Å². The van der Waals surface area contributed by atoms with E-state index in [-0.39, 0.29) is 11.9 Å². The van der Waals surface area contributed by atoms with Crippen molar-refractivity contribution in [3.05, 3.63) is 35.9 Å². The molecular weight excluding hydrogens is 314 g/mol. The van der Waals surface area contributed by atoms with Gasteiger partial charge in [0.15, 0.2) is 5.96 Å². The Morgan fingerprint density at radius 3 is 2.48 bits per heavy atom. The van der Waals surface area contributed by atoms with Gasteiger partial charge in [0.05, 0.1) is 11.9 Å². The highest BCUT2D eigenvalue weighted by atomic mass is 32.2. The van der Waals surface area contributed by atoms with Crippen LogP contribution in [0.2, 0.25) is 0 Å². The van der Waals surface area contributed by atoms with E-state index in [0.29, 0.717) is 25.7 Å². The number of guanidine groups is 1. The molecular formula is C16H27N3O3S. The molecule has 0 aliphatic heterocycles. The van der Waals surface area contributed by atoms with E-state index < -0.39 is 9.84 Å². The number of ether oxygens (including phenoxy) is 1. The molecule has 2 N–H and O–H groups in total. The third kappa shape index (κ3) is 9.20. The lowest BCUT2D eigenvalue weighted by Gasteiger charge is -2.14. The fourth-order valence-electron chi connectivity index (χ4n) is 1.93.